The van der Waals surface area contributed by atoms with Gasteiger partial charge in [-0.3, -0.25) is 19.7 Å². The number of rotatable bonds is 6. The molecule has 0 bridgehead atoms. The van der Waals surface area contributed by atoms with Crippen LogP contribution in [0.2, 0.25) is 0 Å². The Labute approximate surface area is 146 Å². The van der Waals surface area contributed by atoms with Gasteiger partial charge in [-0.1, -0.05) is 12.1 Å². The number of nitrogens with one attached hydrogen (secondary N) is 1. The van der Waals surface area contributed by atoms with Gasteiger partial charge in [0.2, 0.25) is 5.78 Å². The molecule has 8 heteroatoms. The number of nitro benzene ring substituents is 1. The predicted octanol–water partition coefficient (Wildman–Crippen LogP) is 3.41. The van der Waals surface area contributed by atoms with Crippen LogP contribution in [0.1, 0.15) is 30.7 Å². The molecule has 0 aliphatic carbocycles. The van der Waals surface area contributed by atoms with Gasteiger partial charge in [0.25, 0.3) is 11.6 Å². The van der Waals surface area contributed by atoms with Gasteiger partial charge >= 0.3 is 0 Å². The lowest BCUT2D eigenvalue weighted by atomic mass is 10.1. The van der Waals surface area contributed by atoms with Crippen molar-refractivity contribution < 1.29 is 18.9 Å². The van der Waals surface area contributed by atoms with Crippen molar-refractivity contribution in [1.29, 1.82) is 0 Å². The van der Waals surface area contributed by atoms with Crippen molar-refractivity contribution in [3.63, 3.8) is 0 Å². The second kappa shape index (κ2) is 7.10. The van der Waals surface area contributed by atoms with Crippen LogP contribution in [0.5, 0.6) is 0 Å². The number of hydrogen-bond acceptors (Lipinski definition) is 6. The quantitative estimate of drug-likeness (QED) is 0.414. The van der Waals surface area contributed by atoms with Crippen molar-refractivity contribution in [1.82, 2.24) is 5.32 Å². The number of para-hydroxylation sites is 1. The van der Waals surface area contributed by atoms with E-state index in [1.807, 2.05) is 0 Å². The van der Waals surface area contributed by atoms with E-state index in [-0.39, 0.29) is 29.3 Å². The van der Waals surface area contributed by atoms with Crippen molar-refractivity contribution >= 4 is 28.7 Å². The summed E-state index contributed by atoms with van der Waals surface area (Å²) in [5.74, 6) is -0.525. The zero-order valence-electron chi connectivity index (χ0n) is 12.8. The van der Waals surface area contributed by atoms with E-state index in [0.29, 0.717) is 4.88 Å². The van der Waals surface area contributed by atoms with Crippen LogP contribution in [0, 0.1) is 10.1 Å². The van der Waals surface area contributed by atoms with Crippen molar-refractivity contribution in [2.75, 3.05) is 0 Å². The molecule has 0 unspecified atom stereocenters. The molecule has 0 saturated heterocycles. The first kappa shape index (κ1) is 16.6. The molecule has 0 aliphatic heterocycles. The van der Waals surface area contributed by atoms with Gasteiger partial charge in [-0.05, 0) is 30.3 Å². The smallest absolute Gasteiger partial charge is 0.282 e. The summed E-state index contributed by atoms with van der Waals surface area (Å²) in [5, 5.41) is 13.6. The van der Waals surface area contributed by atoms with E-state index in [1.54, 1.807) is 30.3 Å². The molecular formula is C17H12N2O5S. The summed E-state index contributed by atoms with van der Waals surface area (Å²) in [6.07, 6.45) is 1.43. The summed E-state index contributed by atoms with van der Waals surface area (Å²) in [6.45, 7) is 0.168. The summed E-state index contributed by atoms with van der Waals surface area (Å²) in [4.78, 5) is 35.9. The molecule has 126 valence electrons. The van der Waals surface area contributed by atoms with Crippen molar-refractivity contribution in [3.05, 3.63) is 86.0 Å². The van der Waals surface area contributed by atoms with Crippen LogP contribution in [-0.2, 0) is 6.54 Å². The lowest BCUT2D eigenvalue weighted by Crippen LogP contribution is -2.23. The Morgan fingerprint density at radius 2 is 1.92 bits per heavy atom. The molecular weight excluding hydrogens is 344 g/mol. The Kier molecular flexibility index (Phi) is 4.71. The monoisotopic (exact) mass is 356 g/mol. The van der Waals surface area contributed by atoms with E-state index in [2.05, 4.69) is 5.32 Å². The van der Waals surface area contributed by atoms with Crippen molar-refractivity contribution in [2.24, 2.45) is 0 Å². The normalized spacial score (nSPS) is 10.4. The first-order valence-electron chi connectivity index (χ1n) is 7.25. The van der Waals surface area contributed by atoms with E-state index in [1.165, 1.54) is 35.8 Å². The van der Waals surface area contributed by atoms with Crippen LogP contribution in [0.15, 0.2) is 59.2 Å². The van der Waals surface area contributed by atoms with E-state index >= 15 is 0 Å². The fourth-order valence-corrected chi connectivity index (χ4v) is 3.10. The third kappa shape index (κ3) is 3.64. The van der Waals surface area contributed by atoms with Gasteiger partial charge in [-0.15, -0.1) is 11.3 Å². The number of thiophene rings is 1. The Bertz CT molecular complexity index is 930. The number of benzene rings is 1. The van der Waals surface area contributed by atoms with Gasteiger partial charge in [-0.25, -0.2) is 0 Å². The lowest BCUT2D eigenvalue weighted by Gasteiger charge is -2.04. The Morgan fingerprint density at radius 1 is 1.12 bits per heavy atom. The highest BCUT2D eigenvalue weighted by atomic mass is 32.1. The predicted molar refractivity (Wildman–Crippen MR) is 90.7 cm³/mol. The largest absolute Gasteiger partial charge is 0.461 e. The number of furan rings is 1. The molecule has 2 aromatic heterocycles. The SMILES string of the molecule is O=C(c1ccco1)c1ccc(CNC(=O)c2ccccc2[N+](=O)[O-])s1. The third-order valence-electron chi connectivity index (χ3n) is 3.40. The minimum absolute atomic E-state index is 0.00376. The standard InChI is InChI=1S/C17H12N2O5S/c20-16(14-6-3-9-24-14)15-8-7-11(25-15)10-18-17(21)12-4-1-2-5-13(12)19(22)23/h1-9H,10H2,(H,18,21). The average molecular weight is 356 g/mol. The molecule has 0 spiro atoms. The number of nitrogens with zero attached hydrogens (tertiary/aromatic N) is 1. The summed E-state index contributed by atoms with van der Waals surface area (Å²) in [5.41, 5.74) is -0.254. The first-order valence-corrected chi connectivity index (χ1v) is 8.06. The highest BCUT2D eigenvalue weighted by Crippen LogP contribution is 2.21. The molecule has 1 amide bonds. The van der Waals surface area contributed by atoms with Gasteiger partial charge in [-0.2, -0.15) is 0 Å². The summed E-state index contributed by atoms with van der Waals surface area (Å²) < 4.78 is 5.07. The minimum Gasteiger partial charge on any atom is -0.461 e. The van der Waals surface area contributed by atoms with Gasteiger partial charge in [0.05, 0.1) is 22.6 Å². The van der Waals surface area contributed by atoms with Gasteiger partial charge < -0.3 is 9.73 Å². The van der Waals surface area contributed by atoms with Crippen molar-refractivity contribution in [3.8, 4) is 0 Å². The van der Waals surface area contributed by atoms with Crippen molar-refractivity contribution in [2.45, 2.75) is 6.54 Å². The zero-order valence-corrected chi connectivity index (χ0v) is 13.6. The maximum Gasteiger partial charge on any atom is 0.282 e. The maximum atomic E-state index is 12.2. The van der Waals surface area contributed by atoms with E-state index in [4.69, 9.17) is 4.42 Å². The lowest BCUT2D eigenvalue weighted by molar-refractivity contribution is -0.385. The molecule has 0 aliphatic rings. The number of ketones is 1. The van der Waals surface area contributed by atoms with Gasteiger partial charge in [0.15, 0.2) is 5.76 Å². The second-order valence-corrected chi connectivity index (χ2v) is 6.20. The highest BCUT2D eigenvalue weighted by Gasteiger charge is 2.19. The number of amides is 1. The molecule has 25 heavy (non-hydrogen) atoms. The summed E-state index contributed by atoms with van der Waals surface area (Å²) >= 11 is 1.23. The molecule has 7 nitrogen and oxygen atoms in total. The zero-order chi connectivity index (χ0) is 17.8. The van der Waals surface area contributed by atoms with Crippen LogP contribution in [0.25, 0.3) is 0 Å². The Balaban J connectivity index is 1.68. The molecule has 0 saturated carbocycles. The van der Waals surface area contributed by atoms with Crippen LogP contribution in [0.3, 0.4) is 0 Å². The van der Waals surface area contributed by atoms with Gasteiger partial charge in [0.1, 0.15) is 5.56 Å². The van der Waals surface area contributed by atoms with E-state index < -0.39 is 10.8 Å². The number of carbonyl (C=O) groups excluding carboxylic acids is 2. The average Bonchev–Trinajstić information content (AvgIpc) is 3.31. The molecule has 3 rings (SSSR count). The van der Waals surface area contributed by atoms with Gasteiger partial charge in [0, 0.05) is 10.9 Å². The Morgan fingerprint density at radius 3 is 2.64 bits per heavy atom. The molecule has 3 aromatic rings. The topological polar surface area (TPSA) is 102 Å². The summed E-state index contributed by atoms with van der Waals surface area (Å²) in [7, 11) is 0. The third-order valence-corrected chi connectivity index (χ3v) is 4.48. The molecule has 1 N–H and O–H groups in total. The number of hydrogen-bond donors (Lipinski definition) is 1. The minimum atomic E-state index is -0.597. The van der Waals surface area contributed by atoms with E-state index in [0.717, 1.165) is 4.88 Å². The fraction of sp³-hybridized carbons (Fsp3) is 0.0588. The van der Waals surface area contributed by atoms with Crippen LogP contribution in [-0.4, -0.2) is 16.6 Å². The number of carbonyl (C=O) groups is 2. The molecule has 0 atom stereocenters. The first-order chi connectivity index (χ1) is 12.1. The van der Waals surface area contributed by atoms with Crippen LogP contribution < -0.4 is 5.32 Å². The molecule has 0 fully saturated rings. The van der Waals surface area contributed by atoms with Crippen LogP contribution in [0.4, 0.5) is 5.69 Å². The maximum absolute atomic E-state index is 12.2. The van der Waals surface area contributed by atoms with E-state index in [9.17, 15) is 19.7 Å². The van der Waals surface area contributed by atoms with Crippen LogP contribution >= 0.6 is 11.3 Å². The fourth-order valence-electron chi connectivity index (χ4n) is 2.21. The Hall–Kier alpha value is -3.26. The molecule has 1 aromatic carbocycles. The highest BCUT2D eigenvalue weighted by molar-refractivity contribution is 7.14. The number of nitro groups is 1. The second-order valence-electron chi connectivity index (χ2n) is 5.03. The molecule has 2 heterocycles. The molecule has 0 radical (unpaired) electrons. The summed E-state index contributed by atoms with van der Waals surface area (Å²) in [6, 6.07) is 12.3.